The summed E-state index contributed by atoms with van der Waals surface area (Å²) >= 11 is 3.53. The maximum absolute atomic E-state index is 5.86. The first-order chi connectivity index (χ1) is 8.99. The Balaban J connectivity index is 2.12. The van der Waals surface area contributed by atoms with Crippen LogP contribution in [0.1, 0.15) is 29.9 Å². The second-order valence-electron chi connectivity index (χ2n) is 4.62. The molecule has 0 unspecified atom stereocenters. The van der Waals surface area contributed by atoms with Crippen molar-refractivity contribution in [3.8, 4) is 5.75 Å². The Morgan fingerprint density at radius 3 is 2.79 bits per heavy atom. The van der Waals surface area contributed by atoms with E-state index in [1.54, 1.807) is 0 Å². The van der Waals surface area contributed by atoms with Crippen molar-refractivity contribution in [2.45, 2.75) is 26.5 Å². The average molecular weight is 324 g/mol. The highest BCUT2D eigenvalue weighted by molar-refractivity contribution is 9.10. The topological polar surface area (TPSA) is 53.1 Å². The van der Waals surface area contributed by atoms with Gasteiger partial charge in [0.2, 0.25) is 0 Å². The van der Waals surface area contributed by atoms with E-state index >= 15 is 0 Å². The second-order valence-corrected chi connectivity index (χ2v) is 5.41. The molecule has 1 aromatic heterocycles. The normalized spacial score (nSPS) is 12.5. The summed E-state index contributed by atoms with van der Waals surface area (Å²) in [5.41, 5.74) is 8.91. The summed E-state index contributed by atoms with van der Waals surface area (Å²) in [5, 5.41) is 4.34. The number of aromatic nitrogens is 2. The molecule has 0 aliphatic heterocycles. The van der Waals surface area contributed by atoms with Crippen molar-refractivity contribution in [1.82, 2.24) is 9.78 Å². The van der Waals surface area contributed by atoms with Crippen molar-refractivity contribution in [2.75, 3.05) is 0 Å². The molecule has 5 heteroatoms. The molecule has 0 saturated carbocycles. The molecule has 0 aliphatic carbocycles. The third-order valence-corrected chi connectivity index (χ3v) is 4.05. The Hall–Kier alpha value is -1.33. The summed E-state index contributed by atoms with van der Waals surface area (Å²) < 4.78 is 8.64. The molecule has 1 heterocycles. The van der Waals surface area contributed by atoms with Crippen LogP contribution in [0.4, 0.5) is 0 Å². The summed E-state index contributed by atoms with van der Waals surface area (Å²) in [5.74, 6) is 0.820. The fraction of sp³-hybridized carbons (Fsp3) is 0.357. The maximum atomic E-state index is 5.86. The lowest BCUT2D eigenvalue weighted by atomic mass is 10.1. The van der Waals surface area contributed by atoms with Gasteiger partial charge in [-0.05, 0) is 47.5 Å². The predicted molar refractivity (Wildman–Crippen MR) is 79.0 cm³/mol. The molecule has 19 heavy (non-hydrogen) atoms. The number of rotatable bonds is 4. The monoisotopic (exact) mass is 323 g/mol. The lowest BCUT2D eigenvalue weighted by molar-refractivity contribution is 0.293. The van der Waals surface area contributed by atoms with Crippen molar-refractivity contribution in [3.63, 3.8) is 0 Å². The Kier molecular flexibility index (Phi) is 4.27. The van der Waals surface area contributed by atoms with Gasteiger partial charge in [-0.3, -0.25) is 4.68 Å². The molecular weight excluding hydrogens is 306 g/mol. The van der Waals surface area contributed by atoms with Gasteiger partial charge in [0.1, 0.15) is 12.4 Å². The predicted octanol–water partition coefficient (Wildman–Crippen LogP) is 3.09. The van der Waals surface area contributed by atoms with Crippen LogP contribution in [0.2, 0.25) is 0 Å². The van der Waals surface area contributed by atoms with E-state index in [9.17, 15) is 0 Å². The molecule has 2 N–H and O–H groups in total. The molecule has 4 nitrogen and oxygen atoms in total. The van der Waals surface area contributed by atoms with E-state index in [2.05, 4.69) is 21.0 Å². The maximum Gasteiger partial charge on any atom is 0.131 e. The summed E-state index contributed by atoms with van der Waals surface area (Å²) in [6, 6.07) is 7.87. The van der Waals surface area contributed by atoms with E-state index in [1.807, 2.05) is 49.8 Å². The van der Waals surface area contributed by atoms with Crippen molar-refractivity contribution in [1.29, 1.82) is 0 Å². The number of halogens is 1. The number of hydrogen-bond acceptors (Lipinski definition) is 3. The Morgan fingerprint density at radius 2 is 2.21 bits per heavy atom. The minimum absolute atomic E-state index is 0.00855. The standard InChI is InChI=1S/C14H18BrN3O/c1-9(16)11-5-4-6-12(7-11)19-8-13-14(15)10(2)17-18(13)3/h4-7,9H,8,16H2,1-3H3/t9-/m0/s1. The van der Waals surface area contributed by atoms with E-state index in [4.69, 9.17) is 10.5 Å². The fourth-order valence-corrected chi connectivity index (χ4v) is 2.33. The highest BCUT2D eigenvalue weighted by Crippen LogP contribution is 2.23. The van der Waals surface area contributed by atoms with Crippen LogP contribution in [0.25, 0.3) is 0 Å². The lowest BCUT2D eigenvalue weighted by Gasteiger charge is -2.10. The van der Waals surface area contributed by atoms with Crippen LogP contribution in [0.3, 0.4) is 0 Å². The van der Waals surface area contributed by atoms with Gasteiger partial charge in [-0.15, -0.1) is 0 Å². The van der Waals surface area contributed by atoms with E-state index in [0.29, 0.717) is 6.61 Å². The summed E-state index contributed by atoms with van der Waals surface area (Å²) in [6.07, 6.45) is 0. The molecule has 1 aromatic carbocycles. The van der Waals surface area contributed by atoms with Gasteiger partial charge in [-0.2, -0.15) is 5.10 Å². The number of aryl methyl sites for hydroxylation is 2. The fourth-order valence-electron chi connectivity index (χ4n) is 1.88. The van der Waals surface area contributed by atoms with Crippen LogP contribution in [0.15, 0.2) is 28.7 Å². The van der Waals surface area contributed by atoms with Crippen molar-refractivity contribution in [2.24, 2.45) is 12.8 Å². The highest BCUT2D eigenvalue weighted by atomic mass is 79.9. The van der Waals surface area contributed by atoms with Gasteiger partial charge in [-0.1, -0.05) is 12.1 Å². The third kappa shape index (κ3) is 3.16. The van der Waals surface area contributed by atoms with E-state index < -0.39 is 0 Å². The number of ether oxygens (including phenoxy) is 1. The molecule has 2 rings (SSSR count). The Labute approximate surface area is 121 Å². The average Bonchev–Trinajstić information content (AvgIpc) is 2.61. The SMILES string of the molecule is Cc1nn(C)c(COc2cccc([C@H](C)N)c2)c1Br. The molecule has 1 atom stereocenters. The van der Waals surface area contributed by atoms with Crippen LogP contribution in [0, 0.1) is 6.92 Å². The molecule has 0 radical (unpaired) electrons. The van der Waals surface area contributed by atoms with Crippen molar-refractivity contribution in [3.05, 3.63) is 45.7 Å². The molecule has 0 aliphatic rings. The van der Waals surface area contributed by atoms with Crippen LogP contribution in [0.5, 0.6) is 5.75 Å². The molecule has 0 fully saturated rings. The molecule has 102 valence electrons. The van der Waals surface area contributed by atoms with E-state index in [1.165, 1.54) is 0 Å². The largest absolute Gasteiger partial charge is 0.487 e. The Bertz CT molecular complexity index is 578. The number of nitrogens with zero attached hydrogens (tertiary/aromatic N) is 2. The molecular formula is C14H18BrN3O. The highest BCUT2D eigenvalue weighted by Gasteiger charge is 2.11. The first kappa shape index (κ1) is 14.1. The molecule has 0 bridgehead atoms. The van der Waals surface area contributed by atoms with Gasteiger partial charge >= 0.3 is 0 Å². The smallest absolute Gasteiger partial charge is 0.131 e. The quantitative estimate of drug-likeness (QED) is 0.940. The van der Waals surface area contributed by atoms with Crippen LogP contribution >= 0.6 is 15.9 Å². The lowest BCUT2D eigenvalue weighted by Crippen LogP contribution is -2.06. The van der Waals surface area contributed by atoms with Crippen molar-refractivity contribution < 1.29 is 4.74 Å². The van der Waals surface area contributed by atoms with Gasteiger partial charge < -0.3 is 10.5 Å². The summed E-state index contributed by atoms with van der Waals surface area (Å²) in [6.45, 7) is 4.39. The first-order valence-corrected chi connectivity index (χ1v) is 6.94. The van der Waals surface area contributed by atoms with Gasteiger partial charge in [0.05, 0.1) is 15.9 Å². The minimum atomic E-state index is 0.00855. The molecule has 2 aromatic rings. The number of hydrogen-bond donors (Lipinski definition) is 1. The van der Waals surface area contributed by atoms with Gasteiger partial charge in [0, 0.05) is 13.1 Å². The van der Waals surface area contributed by atoms with Gasteiger partial charge in [0.25, 0.3) is 0 Å². The molecule has 0 spiro atoms. The number of benzene rings is 1. The van der Waals surface area contributed by atoms with Gasteiger partial charge in [0.15, 0.2) is 0 Å². The van der Waals surface area contributed by atoms with E-state index in [0.717, 1.165) is 27.2 Å². The minimum Gasteiger partial charge on any atom is -0.487 e. The van der Waals surface area contributed by atoms with Crippen LogP contribution in [-0.2, 0) is 13.7 Å². The van der Waals surface area contributed by atoms with Crippen molar-refractivity contribution >= 4 is 15.9 Å². The zero-order chi connectivity index (χ0) is 14.0. The van der Waals surface area contributed by atoms with Crippen LogP contribution in [-0.4, -0.2) is 9.78 Å². The third-order valence-electron chi connectivity index (χ3n) is 3.02. The first-order valence-electron chi connectivity index (χ1n) is 6.15. The zero-order valence-corrected chi connectivity index (χ0v) is 12.9. The van der Waals surface area contributed by atoms with E-state index in [-0.39, 0.29) is 6.04 Å². The molecule has 0 amide bonds. The summed E-state index contributed by atoms with van der Waals surface area (Å²) in [7, 11) is 1.91. The molecule has 0 saturated heterocycles. The second kappa shape index (κ2) is 5.75. The summed E-state index contributed by atoms with van der Waals surface area (Å²) in [4.78, 5) is 0. The zero-order valence-electron chi connectivity index (χ0n) is 11.4. The van der Waals surface area contributed by atoms with Crippen LogP contribution < -0.4 is 10.5 Å². The van der Waals surface area contributed by atoms with Gasteiger partial charge in [-0.25, -0.2) is 0 Å². The number of nitrogens with two attached hydrogens (primary N) is 1. The Morgan fingerprint density at radius 1 is 1.47 bits per heavy atom.